The van der Waals surface area contributed by atoms with Gasteiger partial charge in [-0.1, -0.05) is 13.3 Å². The number of carbonyl (C=O) groups excluding carboxylic acids is 2. The van der Waals surface area contributed by atoms with E-state index in [4.69, 9.17) is 0 Å². The standard InChI is InChI=1S/C14H19BrN2O2S/c1-4-5-11-12(18)16-14(2,3)13(19)17(11)7-10-6-9(15)8-20-10/h6,8,11H,4-5,7H2,1-3H3,(H,16,18). The minimum Gasteiger partial charge on any atom is -0.340 e. The quantitative estimate of drug-likeness (QED) is 0.899. The van der Waals surface area contributed by atoms with E-state index in [1.807, 2.05) is 18.4 Å². The van der Waals surface area contributed by atoms with Crippen LogP contribution in [-0.4, -0.2) is 28.3 Å². The summed E-state index contributed by atoms with van der Waals surface area (Å²) in [6.07, 6.45) is 1.57. The average Bonchev–Trinajstić information content (AvgIpc) is 2.76. The van der Waals surface area contributed by atoms with Crippen molar-refractivity contribution in [3.05, 3.63) is 20.8 Å². The van der Waals surface area contributed by atoms with Crippen LogP contribution < -0.4 is 5.32 Å². The van der Waals surface area contributed by atoms with Gasteiger partial charge in [0.25, 0.3) is 0 Å². The molecule has 1 N–H and O–H groups in total. The van der Waals surface area contributed by atoms with Crippen molar-refractivity contribution >= 4 is 39.1 Å². The third kappa shape index (κ3) is 3.06. The highest BCUT2D eigenvalue weighted by Gasteiger charge is 2.44. The van der Waals surface area contributed by atoms with Crippen molar-refractivity contribution in [2.45, 2.75) is 51.7 Å². The Bertz CT molecular complexity index is 527. The van der Waals surface area contributed by atoms with Crippen molar-refractivity contribution in [1.82, 2.24) is 10.2 Å². The molecular formula is C14H19BrN2O2S. The molecule has 2 amide bonds. The van der Waals surface area contributed by atoms with Gasteiger partial charge in [0.15, 0.2) is 0 Å². The molecule has 20 heavy (non-hydrogen) atoms. The second-order valence-electron chi connectivity index (χ2n) is 5.58. The van der Waals surface area contributed by atoms with E-state index in [-0.39, 0.29) is 17.9 Å². The molecule has 2 rings (SSSR count). The second-order valence-corrected chi connectivity index (χ2v) is 7.49. The average molecular weight is 359 g/mol. The SMILES string of the molecule is CCCC1C(=O)NC(C)(C)C(=O)N1Cc1cc(Br)cs1. The van der Waals surface area contributed by atoms with Crippen LogP contribution in [0.25, 0.3) is 0 Å². The molecule has 0 saturated carbocycles. The minimum absolute atomic E-state index is 0.0138. The highest BCUT2D eigenvalue weighted by atomic mass is 79.9. The van der Waals surface area contributed by atoms with Gasteiger partial charge < -0.3 is 10.2 Å². The van der Waals surface area contributed by atoms with Crippen molar-refractivity contribution in [3.63, 3.8) is 0 Å². The van der Waals surface area contributed by atoms with Crippen LogP contribution in [0, 0.1) is 0 Å². The molecule has 0 aliphatic carbocycles. The zero-order valence-corrected chi connectivity index (χ0v) is 14.3. The molecule has 0 radical (unpaired) electrons. The van der Waals surface area contributed by atoms with Crippen molar-refractivity contribution < 1.29 is 9.59 Å². The van der Waals surface area contributed by atoms with Crippen LogP contribution in [0.5, 0.6) is 0 Å². The van der Waals surface area contributed by atoms with Gasteiger partial charge in [0, 0.05) is 14.7 Å². The maximum atomic E-state index is 12.6. The van der Waals surface area contributed by atoms with Gasteiger partial charge in [0.1, 0.15) is 11.6 Å². The summed E-state index contributed by atoms with van der Waals surface area (Å²) in [5.41, 5.74) is -0.824. The number of rotatable bonds is 4. The lowest BCUT2D eigenvalue weighted by Gasteiger charge is -2.42. The highest BCUT2D eigenvalue weighted by molar-refractivity contribution is 9.10. The van der Waals surface area contributed by atoms with Gasteiger partial charge in [0.2, 0.25) is 11.8 Å². The van der Waals surface area contributed by atoms with Gasteiger partial charge >= 0.3 is 0 Å². The smallest absolute Gasteiger partial charge is 0.248 e. The highest BCUT2D eigenvalue weighted by Crippen LogP contribution is 2.26. The van der Waals surface area contributed by atoms with Gasteiger partial charge in [-0.2, -0.15) is 0 Å². The Morgan fingerprint density at radius 2 is 2.15 bits per heavy atom. The normalized spacial score (nSPS) is 22.0. The number of hydrogen-bond donors (Lipinski definition) is 1. The van der Waals surface area contributed by atoms with Crippen LogP contribution in [0.1, 0.15) is 38.5 Å². The van der Waals surface area contributed by atoms with Gasteiger partial charge in [-0.3, -0.25) is 9.59 Å². The molecule has 0 bridgehead atoms. The molecule has 0 aromatic carbocycles. The summed E-state index contributed by atoms with van der Waals surface area (Å²) >= 11 is 5.01. The first-order chi connectivity index (χ1) is 9.35. The largest absolute Gasteiger partial charge is 0.340 e. The molecule has 1 fully saturated rings. The van der Waals surface area contributed by atoms with Crippen LogP contribution in [0.3, 0.4) is 0 Å². The predicted octanol–water partition coefficient (Wildman–Crippen LogP) is 2.92. The Morgan fingerprint density at radius 1 is 1.45 bits per heavy atom. The summed E-state index contributed by atoms with van der Waals surface area (Å²) in [6, 6.07) is 1.64. The fraction of sp³-hybridized carbons (Fsp3) is 0.571. The van der Waals surface area contributed by atoms with E-state index in [1.165, 1.54) is 0 Å². The lowest BCUT2D eigenvalue weighted by atomic mass is 9.95. The van der Waals surface area contributed by atoms with E-state index in [0.29, 0.717) is 13.0 Å². The number of nitrogens with zero attached hydrogens (tertiary/aromatic N) is 1. The lowest BCUT2D eigenvalue weighted by molar-refractivity contribution is -0.154. The summed E-state index contributed by atoms with van der Waals surface area (Å²) in [5.74, 6) is -0.0628. The molecule has 4 nitrogen and oxygen atoms in total. The number of hydrogen-bond acceptors (Lipinski definition) is 3. The molecule has 1 aliphatic heterocycles. The summed E-state index contributed by atoms with van der Waals surface area (Å²) in [6.45, 7) is 6.04. The fourth-order valence-electron chi connectivity index (χ4n) is 2.43. The molecule has 1 aliphatic rings. The van der Waals surface area contributed by atoms with Crippen molar-refractivity contribution in [1.29, 1.82) is 0 Å². The van der Waals surface area contributed by atoms with Crippen LogP contribution in [-0.2, 0) is 16.1 Å². The number of halogens is 1. The molecular weight excluding hydrogens is 340 g/mol. The number of carbonyl (C=O) groups is 2. The molecule has 1 aromatic heterocycles. The number of nitrogens with one attached hydrogen (secondary N) is 1. The van der Waals surface area contributed by atoms with E-state index in [1.54, 1.807) is 30.1 Å². The summed E-state index contributed by atoms with van der Waals surface area (Å²) in [5, 5.41) is 4.82. The minimum atomic E-state index is -0.824. The molecule has 110 valence electrons. The van der Waals surface area contributed by atoms with E-state index >= 15 is 0 Å². The van der Waals surface area contributed by atoms with Gasteiger partial charge in [-0.15, -0.1) is 11.3 Å². The molecule has 1 unspecified atom stereocenters. The Labute approximate surface area is 131 Å². The molecule has 1 saturated heterocycles. The first-order valence-corrected chi connectivity index (χ1v) is 8.38. The first-order valence-electron chi connectivity index (χ1n) is 6.71. The van der Waals surface area contributed by atoms with Crippen molar-refractivity contribution in [2.75, 3.05) is 0 Å². The van der Waals surface area contributed by atoms with Crippen LogP contribution in [0.4, 0.5) is 0 Å². The van der Waals surface area contributed by atoms with Gasteiger partial charge in [0.05, 0.1) is 6.54 Å². The Hall–Kier alpha value is -0.880. The van der Waals surface area contributed by atoms with Crippen LogP contribution >= 0.6 is 27.3 Å². The third-order valence-corrected chi connectivity index (χ3v) is 5.10. The van der Waals surface area contributed by atoms with Crippen molar-refractivity contribution in [3.8, 4) is 0 Å². The molecule has 0 spiro atoms. The molecule has 2 heterocycles. The first kappa shape index (κ1) is 15.5. The van der Waals surface area contributed by atoms with E-state index in [9.17, 15) is 9.59 Å². The fourth-order valence-corrected chi connectivity index (χ4v) is 3.88. The zero-order chi connectivity index (χ0) is 14.9. The Kier molecular flexibility index (Phi) is 4.54. The third-order valence-electron chi connectivity index (χ3n) is 3.42. The van der Waals surface area contributed by atoms with Gasteiger partial charge in [-0.05, 0) is 42.3 Å². The van der Waals surface area contributed by atoms with Gasteiger partial charge in [-0.25, -0.2) is 0 Å². The number of piperazine rings is 1. The summed E-state index contributed by atoms with van der Waals surface area (Å²) in [7, 11) is 0. The summed E-state index contributed by atoms with van der Waals surface area (Å²) in [4.78, 5) is 27.6. The monoisotopic (exact) mass is 358 g/mol. The number of amides is 2. The maximum Gasteiger partial charge on any atom is 0.248 e. The lowest BCUT2D eigenvalue weighted by Crippen LogP contribution is -2.67. The van der Waals surface area contributed by atoms with E-state index in [2.05, 4.69) is 21.2 Å². The van der Waals surface area contributed by atoms with E-state index in [0.717, 1.165) is 15.8 Å². The van der Waals surface area contributed by atoms with E-state index < -0.39 is 5.54 Å². The molecule has 1 aromatic rings. The Balaban J connectivity index is 2.27. The van der Waals surface area contributed by atoms with Crippen LogP contribution in [0.2, 0.25) is 0 Å². The maximum absolute atomic E-state index is 12.6. The second kappa shape index (κ2) is 5.85. The summed E-state index contributed by atoms with van der Waals surface area (Å²) < 4.78 is 1.01. The van der Waals surface area contributed by atoms with Crippen molar-refractivity contribution in [2.24, 2.45) is 0 Å². The number of thiophene rings is 1. The Morgan fingerprint density at radius 3 is 2.70 bits per heavy atom. The molecule has 1 atom stereocenters. The zero-order valence-electron chi connectivity index (χ0n) is 11.9. The van der Waals surface area contributed by atoms with Crippen LogP contribution in [0.15, 0.2) is 15.9 Å². The molecule has 6 heteroatoms. The topological polar surface area (TPSA) is 49.4 Å². The predicted molar refractivity (Wildman–Crippen MR) is 83.5 cm³/mol.